The van der Waals surface area contributed by atoms with E-state index in [1.807, 2.05) is 11.8 Å². The van der Waals surface area contributed by atoms with Crippen LogP contribution >= 0.6 is 11.8 Å². The Morgan fingerprint density at radius 1 is 1.05 bits per heavy atom. The van der Waals surface area contributed by atoms with Gasteiger partial charge >= 0.3 is 0 Å². The topological polar surface area (TPSA) is 15.6 Å². The van der Waals surface area contributed by atoms with E-state index in [9.17, 15) is 0 Å². The van der Waals surface area contributed by atoms with Gasteiger partial charge in [0.2, 0.25) is 0 Å². The number of rotatable bonds is 5. The van der Waals surface area contributed by atoms with Gasteiger partial charge in [-0.05, 0) is 24.5 Å². The van der Waals surface area contributed by atoms with Gasteiger partial charge in [0.25, 0.3) is 0 Å². The van der Waals surface area contributed by atoms with E-state index < -0.39 is 0 Å². The Balaban J connectivity index is 1.88. The summed E-state index contributed by atoms with van der Waals surface area (Å²) in [5.41, 5.74) is 2.63. The molecule has 0 amide bonds. The molecule has 0 N–H and O–H groups in total. The number of nitrogens with zero attached hydrogens (tertiary/aromatic N) is 2. The van der Waals surface area contributed by atoms with Crippen LogP contribution in [0.25, 0.3) is 0 Å². The van der Waals surface area contributed by atoms with E-state index in [2.05, 4.69) is 72.5 Å². The van der Waals surface area contributed by atoms with Crippen LogP contribution in [-0.4, -0.2) is 28.9 Å². The predicted molar refractivity (Wildman–Crippen MR) is 96.5 cm³/mol. The molecule has 1 unspecified atom stereocenters. The molecule has 2 aromatic carbocycles. The number of hydrogen-bond donors (Lipinski definition) is 0. The maximum atomic E-state index is 5.10. The molecule has 0 bridgehead atoms. The van der Waals surface area contributed by atoms with Gasteiger partial charge in [-0.3, -0.25) is 4.99 Å². The van der Waals surface area contributed by atoms with Crippen LogP contribution in [0.2, 0.25) is 0 Å². The second-order valence-electron chi connectivity index (χ2n) is 5.46. The summed E-state index contributed by atoms with van der Waals surface area (Å²) in [7, 11) is 0. The first kappa shape index (κ1) is 15.2. The minimum atomic E-state index is 0.193. The molecule has 2 nitrogen and oxygen atoms in total. The highest BCUT2D eigenvalue weighted by molar-refractivity contribution is 8.14. The Bertz CT molecular complexity index is 610. The monoisotopic (exact) mass is 310 g/mol. The number of aliphatic imine (C=N–C) groups is 1. The van der Waals surface area contributed by atoms with Crippen LogP contribution in [0.5, 0.6) is 0 Å². The summed E-state index contributed by atoms with van der Waals surface area (Å²) in [6.45, 7) is 4.36. The van der Waals surface area contributed by atoms with Crippen LogP contribution in [0.15, 0.2) is 65.7 Å². The second-order valence-corrected chi connectivity index (χ2v) is 6.52. The second kappa shape index (κ2) is 7.50. The lowest BCUT2D eigenvalue weighted by molar-refractivity contribution is 0.483. The summed E-state index contributed by atoms with van der Waals surface area (Å²) >= 11 is 1.88. The number of amidine groups is 1. The molecule has 3 heteroatoms. The van der Waals surface area contributed by atoms with E-state index in [-0.39, 0.29) is 6.04 Å². The van der Waals surface area contributed by atoms with Gasteiger partial charge in [-0.1, -0.05) is 72.4 Å². The molecule has 1 atom stereocenters. The molecule has 1 fully saturated rings. The van der Waals surface area contributed by atoms with Crippen molar-refractivity contribution in [3.63, 3.8) is 0 Å². The standard InChI is InChI=1S/C19H22N2S/c1-2-21-13-14-22-19(21)20-18(17-11-7-4-8-12-17)15-16-9-5-3-6-10-16/h3-12,18H,2,13-15H2,1H3/b20-19-. The molecular weight excluding hydrogens is 288 g/mol. The molecular formula is C19H22N2S. The van der Waals surface area contributed by atoms with Gasteiger partial charge < -0.3 is 4.90 Å². The predicted octanol–water partition coefficient (Wildman–Crippen LogP) is 4.40. The summed E-state index contributed by atoms with van der Waals surface area (Å²) in [4.78, 5) is 7.48. The Morgan fingerprint density at radius 3 is 2.41 bits per heavy atom. The molecule has 0 aliphatic carbocycles. The van der Waals surface area contributed by atoms with Gasteiger partial charge in [0.05, 0.1) is 6.04 Å². The van der Waals surface area contributed by atoms with Gasteiger partial charge in [-0.15, -0.1) is 0 Å². The first-order valence-corrected chi connectivity index (χ1v) is 8.90. The van der Waals surface area contributed by atoms with E-state index in [0.717, 1.165) is 25.3 Å². The molecule has 1 saturated heterocycles. The first-order chi connectivity index (χ1) is 10.9. The van der Waals surface area contributed by atoms with Crippen molar-refractivity contribution >= 4 is 16.9 Å². The van der Waals surface area contributed by atoms with Crippen molar-refractivity contribution in [3.8, 4) is 0 Å². The molecule has 3 rings (SSSR count). The fraction of sp³-hybridized carbons (Fsp3) is 0.316. The summed E-state index contributed by atoms with van der Waals surface area (Å²) in [6.07, 6.45) is 0.951. The fourth-order valence-corrected chi connectivity index (χ4v) is 3.83. The third-order valence-electron chi connectivity index (χ3n) is 3.97. The Labute approximate surface area is 137 Å². The van der Waals surface area contributed by atoms with E-state index in [1.165, 1.54) is 16.3 Å². The number of thioether (sulfide) groups is 1. The third kappa shape index (κ3) is 3.72. The molecule has 1 heterocycles. The molecule has 0 spiro atoms. The summed E-state index contributed by atoms with van der Waals surface area (Å²) in [5, 5.41) is 1.20. The minimum Gasteiger partial charge on any atom is -0.351 e. The zero-order valence-electron chi connectivity index (χ0n) is 13.0. The van der Waals surface area contributed by atoms with Crippen LogP contribution in [0.3, 0.4) is 0 Å². The Morgan fingerprint density at radius 2 is 1.73 bits per heavy atom. The Hall–Kier alpha value is -1.74. The Kier molecular flexibility index (Phi) is 5.17. The smallest absolute Gasteiger partial charge is 0.159 e. The van der Waals surface area contributed by atoms with Crippen molar-refractivity contribution in [2.45, 2.75) is 19.4 Å². The molecule has 1 aliphatic rings. The molecule has 22 heavy (non-hydrogen) atoms. The molecule has 0 radical (unpaired) electrons. The normalized spacial score (nSPS) is 17.9. The molecule has 0 saturated carbocycles. The summed E-state index contributed by atoms with van der Waals surface area (Å²) in [5.74, 6) is 1.15. The van der Waals surface area contributed by atoms with Gasteiger partial charge in [0, 0.05) is 18.8 Å². The number of hydrogen-bond acceptors (Lipinski definition) is 2. The fourth-order valence-electron chi connectivity index (χ4n) is 2.73. The quantitative estimate of drug-likeness (QED) is 0.813. The van der Waals surface area contributed by atoms with Crippen LogP contribution in [0.4, 0.5) is 0 Å². The van der Waals surface area contributed by atoms with Crippen molar-refractivity contribution < 1.29 is 0 Å². The number of benzene rings is 2. The first-order valence-electron chi connectivity index (χ1n) is 7.91. The molecule has 0 aromatic heterocycles. The molecule has 2 aromatic rings. The zero-order valence-corrected chi connectivity index (χ0v) is 13.8. The lowest BCUT2D eigenvalue weighted by atomic mass is 9.99. The average molecular weight is 310 g/mol. The van der Waals surface area contributed by atoms with Crippen LogP contribution < -0.4 is 0 Å². The molecule has 1 aliphatic heterocycles. The average Bonchev–Trinajstić information content (AvgIpc) is 3.03. The summed E-state index contributed by atoms with van der Waals surface area (Å²) < 4.78 is 0. The van der Waals surface area contributed by atoms with Gasteiger partial charge in [-0.25, -0.2) is 0 Å². The minimum absolute atomic E-state index is 0.193. The van der Waals surface area contributed by atoms with Gasteiger partial charge in [-0.2, -0.15) is 0 Å². The van der Waals surface area contributed by atoms with Crippen LogP contribution in [0, 0.1) is 0 Å². The highest BCUT2D eigenvalue weighted by Crippen LogP contribution is 2.27. The summed E-state index contributed by atoms with van der Waals surface area (Å²) in [6, 6.07) is 21.5. The van der Waals surface area contributed by atoms with E-state index in [1.54, 1.807) is 0 Å². The van der Waals surface area contributed by atoms with E-state index >= 15 is 0 Å². The van der Waals surface area contributed by atoms with Crippen molar-refractivity contribution in [2.75, 3.05) is 18.8 Å². The largest absolute Gasteiger partial charge is 0.351 e. The van der Waals surface area contributed by atoms with Crippen LogP contribution in [0.1, 0.15) is 24.1 Å². The highest BCUT2D eigenvalue weighted by Gasteiger charge is 2.20. The van der Waals surface area contributed by atoms with E-state index in [0.29, 0.717) is 0 Å². The van der Waals surface area contributed by atoms with Gasteiger partial charge in [0.1, 0.15) is 0 Å². The zero-order chi connectivity index (χ0) is 15.2. The highest BCUT2D eigenvalue weighted by atomic mass is 32.2. The lowest BCUT2D eigenvalue weighted by Crippen LogP contribution is -2.24. The van der Waals surface area contributed by atoms with Crippen molar-refractivity contribution in [1.82, 2.24) is 4.90 Å². The van der Waals surface area contributed by atoms with Crippen molar-refractivity contribution in [3.05, 3.63) is 71.8 Å². The van der Waals surface area contributed by atoms with Crippen molar-refractivity contribution in [1.29, 1.82) is 0 Å². The third-order valence-corrected chi connectivity index (χ3v) is 4.98. The maximum absolute atomic E-state index is 5.10. The van der Waals surface area contributed by atoms with E-state index in [4.69, 9.17) is 4.99 Å². The lowest BCUT2D eigenvalue weighted by Gasteiger charge is -2.19. The van der Waals surface area contributed by atoms with Crippen molar-refractivity contribution in [2.24, 2.45) is 4.99 Å². The molecule has 114 valence electrons. The van der Waals surface area contributed by atoms with Crippen LogP contribution in [-0.2, 0) is 6.42 Å². The SMILES string of the molecule is CCN1CCS/C1=N\C(Cc1ccccc1)c1ccccc1. The van der Waals surface area contributed by atoms with Gasteiger partial charge in [0.15, 0.2) is 5.17 Å². The maximum Gasteiger partial charge on any atom is 0.159 e.